The Hall–Kier alpha value is -1.73. The van der Waals surface area contributed by atoms with E-state index in [-0.39, 0.29) is 5.04 Å². The van der Waals surface area contributed by atoms with E-state index < -0.39 is 23.6 Å². The maximum Gasteiger partial charge on any atom is 0.261 e. The van der Waals surface area contributed by atoms with Crippen molar-refractivity contribution in [3.8, 4) is 0 Å². The highest BCUT2D eigenvalue weighted by molar-refractivity contribution is 7.89. The maximum absolute atomic E-state index is 12.0. The Kier molecular flexibility index (Phi) is 7.99. The van der Waals surface area contributed by atoms with E-state index in [4.69, 9.17) is 9.56 Å². The topological polar surface area (TPSA) is 69.4 Å². The van der Waals surface area contributed by atoms with Crippen molar-refractivity contribution in [3.05, 3.63) is 73.3 Å². The third kappa shape index (κ3) is 5.66. The van der Waals surface area contributed by atoms with Crippen molar-refractivity contribution in [1.82, 2.24) is 0 Å². The summed E-state index contributed by atoms with van der Waals surface area (Å²) in [6.45, 7) is 10.6. The highest BCUT2D eigenvalue weighted by Crippen LogP contribution is 2.37. The maximum atomic E-state index is 12.0. The Morgan fingerprint density at radius 1 is 1.00 bits per heavy atom. The van der Waals surface area contributed by atoms with Crippen molar-refractivity contribution in [2.24, 2.45) is 5.14 Å². The molecule has 0 aromatic heterocycles. The van der Waals surface area contributed by atoms with Crippen LogP contribution in [0.1, 0.15) is 40.0 Å². The van der Waals surface area contributed by atoms with Crippen LogP contribution in [0.25, 0.3) is 0 Å². The minimum atomic E-state index is -3.63. The molecule has 0 heterocycles. The van der Waals surface area contributed by atoms with Gasteiger partial charge >= 0.3 is 0 Å². The molecule has 0 radical (unpaired) electrons. The molecule has 29 heavy (non-hydrogen) atoms. The summed E-state index contributed by atoms with van der Waals surface area (Å²) in [5.74, 6) is 0. The van der Waals surface area contributed by atoms with Crippen LogP contribution in [0.5, 0.6) is 0 Å². The minimum absolute atomic E-state index is 0.145. The number of hydrogen-bond acceptors (Lipinski definition) is 3. The molecule has 6 heteroatoms. The van der Waals surface area contributed by atoms with Gasteiger partial charge in [-0.05, 0) is 34.7 Å². The zero-order chi connectivity index (χ0) is 21.5. The quantitative estimate of drug-likeness (QED) is 0.462. The van der Waals surface area contributed by atoms with Crippen LogP contribution >= 0.6 is 0 Å². The molecule has 0 fully saturated rings. The molecule has 2 rings (SSSR count). The lowest BCUT2D eigenvalue weighted by Crippen LogP contribution is -2.66. The lowest BCUT2D eigenvalue weighted by molar-refractivity contribution is 0.287. The summed E-state index contributed by atoms with van der Waals surface area (Å²) in [6, 6.07) is 20.6. The van der Waals surface area contributed by atoms with Gasteiger partial charge in [-0.25, -0.2) is 13.6 Å². The van der Waals surface area contributed by atoms with Crippen LogP contribution in [-0.2, 0) is 14.4 Å². The van der Waals surface area contributed by atoms with E-state index in [1.165, 1.54) is 10.4 Å². The van der Waals surface area contributed by atoms with E-state index >= 15 is 0 Å². The summed E-state index contributed by atoms with van der Waals surface area (Å²) in [5.41, 5.74) is 0. The average Bonchev–Trinajstić information content (AvgIpc) is 2.67. The summed E-state index contributed by atoms with van der Waals surface area (Å²) in [7, 11) is -6.29. The molecule has 0 spiro atoms. The van der Waals surface area contributed by atoms with Gasteiger partial charge in [0.15, 0.2) is 0 Å². The summed E-state index contributed by atoms with van der Waals surface area (Å²) < 4.78 is 30.8. The molecule has 0 aliphatic carbocycles. The fraction of sp³-hybridized carbons (Fsp3) is 0.391. The number of sulfonamides is 1. The Morgan fingerprint density at radius 3 is 1.86 bits per heavy atom. The van der Waals surface area contributed by atoms with Crippen molar-refractivity contribution in [2.75, 3.05) is 6.61 Å². The van der Waals surface area contributed by atoms with Crippen LogP contribution in [-0.4, -0.2) is 28.6 Å². The molecule has 0 aliphatic heterocycles. The first-order chi connectivity index (χ1) is 13.6. The highest BCUT2D eigenvalue weighted by Gasteiger charge is 2.50. The molecular weight excluding hydrogens is 398 g/mol. The minimum Gasteiger partial charge on any atom is -0.407 e. The van der Waals surface area contributed by atoms with Gasteiger partial charge < -0.3 is 4.43 Å². The monoisotopic (exact) mass is 431 g/mol. The molecule has 0 amide bonds. The van der Waals surface area contributed by atoms with Crippen LogP contribution in [0.4, 0.5) is 0 Å². The summed E-state index contributed by atoms with van der Waals surface area (Å²) in [5, 5.41) is 7.06. The number of rotatable bonds is 10. The van der Waals surface area contributed by atoms with Crippen molar-refractivity contribution in [2.45, 2.75) is 50.3 Å². The van der Waals surface area contributed by atoms with E-state index in [0.29, 0.717) is 25.9 Å². The number of benzene rings is 2. The van der Waals surface area contributed by atoms with Crippen LogP contribution in [0.15, 0.2) is 73.3 Å². The molecule has 2 N–H and O–H groups in total. The first kappa shape index (κ1) is 23.5. The van der Waals surface area contributed by atoms with Gasteiger partial charge in [0.05, 0.1) is 5.25 Å². The zero-order valence-electron chi connectivity index (χ0n) is 17.7. The van der Waals surface area contributed by atoms with E-state index in [1.54, 1.807) is 6.08 Å². The molecule has 158 valence electrons. The second-order valence-electron chi connectivity index (χ2n) is 8.38. The molecule has 1 atom stereocenters. The second kappa shape index (κ2) is 9.85. The number of primary sulfonamides is 1. The van der Waals surface area contributed by atoms with Gasteiger partial charge in [0, 0.05) is 6.61 Å². The Balaban J connectivity index is 2.42. The average molecular weight is 432 g/mol. The molecule has 0 aliphatic rings. The molecule has 0 saturated heterocycles. The second-order valence-corrected chi connectivity index (χ2v) is 14.5. The van der Waals surface area contributed by atoms with Crippen molar-refractivity contribution in [1.29, 1.82) is 0 Å². The molecule has 0 saturated carbocycles. The van der Waals surface area contributed by atoms with Crippen molar-refractivity contribution >= 4 is 28.7 Å². The summed E-state index contributed by atoms with van der Waals surface area (Å²) in [6.07, 6.45) is 3.17. The Labute approximate surface area is 177 Å². The first-order valence-corrected chi connectivity index (χ1v) is 13.5. The molecule has 2 aromatic rings. The van der Waals surface area contributed by atoms with Crippen LogP contribution in [0.2, 0.25) is 5.04 Å². The van der Waals surface area contributed by atoms with Crippen LogP contribution in [0.3, 0.4) is 0 Å². The van der Waals surface area contributed by atoms with Gasteiger partial charge in [-0.15, -0.1) is 6.58 Å². The summed E-state index contributed by atoms with van der Waals surface area (Å²) in [4.78, 5) is 0. The summed E-state index contributed by atoms with van der Waals surface area (Å²) >= 11 is 0. The third-order valence-electron chi connectivity index (χ3n) is 5.33. The standard InChI is InChI=1S/C23H33NO3SSi/c1-5-6-13-20(28(24,25)26)18-19-27-29(23(2,3)4,21-14-9-7-10-15-21)22-16-11-8-12-17-22/h5,7-12,14-17,20H,1,6,13,18-19H2,2-4H3,(H2,24,25,26)/t20-/m0/s1. The van der Waals surface area contributed by atoms with Gasteiger partial charge in [-0.1, -0.05) is 87.5 Å². The van der Waals surface area contributed by atoms with Gasteiger partial charge in [0.25, 0.3) is 8.32 Å². The number of hydrogen-bond donors (Lipinski definition) is 1. The van der Waals surface area contributed by atoms with Gasteiger partial charge in [0.2, 0.25) is 10.0 Å². The van der Waals surface area contributed by atoms with Crippen molar-refractivity contribution in [3.63, 3.8) is 0 Å². The van der Waals surface area contributed by atoms with E-state index in [0.717, 1.165) is 0 Å². The van der Waals surface area contributed by atoms with Crippen molar-refractivity contribution < 1.29 is 12.8 Å². The lowest BCUT2D eigenvalue weighted by atomic mass is 10.2. The van der Waals surface area contributed by atoms with Gasteiger partial charge in [0.1, 0.15) is 0 Å². The predicted octanol–water partition coefficient (Wildman–Crippen LogP) is 3.58. The first-order valence-electron chi connectivity index (χ1n) is 10.0. The van der Waals surface area contributed by atoms with E-state index in [9.17, 15) is 8.42 Å². The smallest absolute Gasteiger partial charge is 0.261 e. The number of nitrogens with two attached hydrogens (primary N) is 1. The Morgan fingerprint density at radius 2 is 1.48 bits per heavy atom. The van der Waals surface area contributed by atoms with Gasteiger partial charge in [-0.2, -0.15) is 0 Å². The normalized spacial score (nSPS) is 13.8. The van der Waals surface area contributed by atoms with E-state index in [1.807, 2.05) is 36.4 Å². The molecule has 2 aromatic carbocycles. The third-order valence-corrected chi connectivity index (χ3v) is 11.8. The largest absolute Gasteiger partial charge is 0.407 e. The predicted molar refractivity (Wildman–Crippen MR) is 125 cm³/mol. The highest BCUT2D eigenvalue weighted by atomic mass is 32.2. The molecule has 4 nitrogen and oxygen atoms in total. The Bertz CT molecular complexity index is 838. The molecule has 0 unspecified atom stereocenters. The molecule has 0 bridgehead atoms. The zero-order valence-corrected chi connectivity index (χ0v) is 19.5. The van der Waals surface area contributed by atoms with Crippen LogP contribution in [0, 0.1) is 0 Å². The fourth-order valence-corrected chi connectivity index (χ4v) is 9.35. The lowest BCUT2D eigenvalue weighted by Gasteiger charge is -2.43. The number of allylic oxidation sites excluding steroid dienone is 1. The molecular formula is C23H33NO3SSi. The SMILES string of the molecule is C=CCC[C@@H](CCO[Si](c1ccccc1)(c1ccccc1)C(C)(C)C)S(N)(=O)=O. The van der Waals surface area contributed by atoms with E-state index in [2.05, 4.69) is 51.6 Å². The van der Waals surface area contributed by atoms with Gasteiger partial charge in [-0.3, -0.25) is 0 Å². The van der Waals surface area contributed by atoms with Crippen LogP contribution < -0.4 is 15.5 Å². The fourth-order valence-electron chi connectivity index (χ4n) is 3.88.